The third kappa shape index (κ3) is 5.52. The van der Waals surface area contributed by atoms with Crippen LogP contribution >= 0.6 is 22.9 Å². The highest BCUT2D eigenvalue weighted by atomic mass is 35.5. The number of anilines is 2. The van der Waals surface area contributed by atoms with Crippen LogP contribution in [0.3, 0.4) is 0 Å². The zero-order valence-electron chi connectivity index (χ0n) is 28.1. The second kappa shape index (κ2) is 11.9. The van der Waals surface area contributed by atoms with Gasteiger partial charge in [0.05, 0.1) is 40.5 Å². The molecule has 1 saturated carbocycles. The van der Waals surface area contributed by atoms with Gasteiger partial charge in [-0.15, -0.1) is 11.3 Å². The summed E-state index contributed by atoms with van der Waals surface area (Å²) in [5, 5.41) is 9.53. The summed E-state index contributed by atoms with van der Waals surface area (Å²) >= 11 is 7.56. The van der Waals surface area contributed by atoms with E-state index < -0.39 is 90.4 Å². The van der Waals surface area contributed by atoms with Crippen molar-refractivity contribution in [3.8, 4) is 23.2 Å². The number of hydrogen-bond donors (Lipinski definition) is 1. The van der Waals surface area contributed by atoms with Gasteiger partial charge in [-0.3, -0.25) is 9.69 Å². The van der Waals surface area contributed by atoms with E-state index in [0.29, 0.717) is 13.0 Å². The first-order valence-corrected chi connectivity index (χ1v) is 18.3. The van der Waals surface area contributed by atoms with Gasteiger partial charge in [0.1, 0.15) is 59.1 Å². The molecule has 6 heterocycles. The molecule has 4 aromatic rings. The van der Waals surface area contributed by atoms with E-state index in [1.807, 2.05) is 11.0 Å². The van der Waals surface area contributed by atoms with Gasteiger partial charge in [-0.25, -0.2) is 22.0 Å². The lowest BCUT2D eigenvalue weighted by Gasteiger charge is -2.55. The van der Waals surface area contributed by atoms with Crippen molar-refractivity contribution in [2.45, 2.75) is 55.0 Å². The Morgan fingerprint density at radius 2 is 1.91 bits per heavy atom. The van der Waals surface area contributed by atoms with Crippen molar-refractivity contribution < 1.29 is 45.0 Å². The lowest BCUT2D eigenvalue weighted by atomic mass is 9.90. The lowest BCUT2D eigenvalue weighted by Crippen LogP contribution is -2.74. The summed E-state index contributed by atoms with van der Waals surface area (Å²) in [6.45, 7) is -1.39. The molecule has 2 N–H and O–H groups in total. The molecule has 2 aromatic heterocycles. The monoisotopic (exact) mass is 795 g/mol. The Morgan fingerprint density at radius 1 is 1.15 bits per heavy atom. The molecule has 3 atom stereocenters. The first-order chi connectivity index (χ1) is 25.5. The van der Waals surface area contributed by atoms with E-state index in [-0.39, 0.29) is 74.1 Å². The van der Waals surface area contributed by atoms with Gasteiger partial charge < -0.3 is 25.0 Å². The molecule has 4 saturated heterocycles. The molecule has 284 valence electrons. The van der Waals surface area contributed by atoms with Gasteiger partial charge >= 0.3 is 12.1 Å². The number of amides is 1. The number of rotatable bonds is 6. The molecule has 0 radical (unpaired) electrons. The van der Waals surface area contributed by atoms with Crippen LogP contribution in [0.2, 0.25) is 5.02 Å². The topological polar surface area (TPSA) is 121 Å². The first kappa shape index (κ1) is 35.5. The van der Waals surface area contributed by atoms with Crippen molar-refractivity contribution in [1.82, 2.24) is 19.8 Å². The highest BCUT2D eigenvalue weighted by Gasteiger charge is 2.65. The number of nitrogen functional groups attached to an aromatic ring is 1. The van der Waals surface area contributed by atoms with Crippen LogP contribution in [-0.2, 0) is 9.53 Å². The van der Waals surface area contributed by atoms with Crippen molar-refractivity contribution in [2.75, 3.05) is 56.5 Å². The second-order valence-electron chi connectivity index (χ2n) is 14.9. The van der Waals surface area contributed by atoms with Crippen LogP contribution in [0.5, 0.6) is 6.01 Å². The van der Waals surface area contributed by atoms with E-state index in [4.69, 9.17) is 26.8 Å². The number of halogens is 8. The quantitative estimate of drug-likeness (QED) is 0.218. The van der Waals surface area contributed by atoms with Crippen LogP contribution in [0.1, 0.15) is 31.2 Å². The summed E-state index contributed by atoms with van der Waals surface area (Å²) in [6, 6.07) is 5.12. The normalized spacial score (nSPS) is 26.6. The average Bonchev–Trinajstić information content (AvgIpc) is 3.33. The molecule has 1 spiro atoms. The number of hydrogen-bond acceptors (Lipinski definition) is 10. The average molecular weight is 796 g/mol. The van der Waals surface area contributed by atoms with E-state index in [1.54, 1.807) is 0 Å². The molecule has 9 rings (SSSR count). The number of nitrogens with zero attached hydrogens (tertiary/aromatic N) is 6. The molecule has 54 heavy (non-hydrogen) atoms. The number of carbonyl (C=O) groups is 1. The van der Waals surface area contributed by atoms with Crippen molar-refractivity contribution in [3.63, 3.8) is 0 Å². The third-order valence-corrected chi connectivity index (χ3v) is 12.5. The highest BCUT2D eigenvalue weighted by molar-refractivity contribution is 7.23. The maximum atomic E-state index is 17.1. The molecular weight excluding hydrogens is 767 g/mol. The van der Waals surface area contributed by atoms with Gasteiger partial charge in [0, 0.05) is 35.7 Å². The number of benzene rings is 2. The van der Waals surface area contributed by atoms with E-state index in [2.05, 4.69) is 9.97 Å². The number of morpholine rings is 1. The van der Waals surface area contributed by atoms with Crippen LogP contribution in [0, 0.1) is 28.9 Å². The predicted molar refractivity (Wildman–Crippen MR) is 184 cm³/mol. The van der Waals surface area contributed by atoms with Gasteiger partial charge in [0.2, 0.25) is 5.91 Å². The Balaban J connectivity index is 1.15. The largest absolute Gasteiger partial charge is 0.461 e. The van der Waals surface area contributed by atoms with Gasteiger partial charge in [-0.1, -0.05) is 17.7 Å². The molecule has 2 aromatic carbocycles. The fourth-order valence-electron chi connectivity index (χ4n) is 8.70. The summed E-state index contributed by atoms with van der Waals surface area (Å²) < 4.78 is 116. The molecule has 1 aliphatic carbocycles. The maximum Gasteiger partial charge on any atom is 0.373 e. The van der Waals surface area contributed by atoms with E-state index in [0.717, 1.165) is 33.6 Å². The Kier molecular flexibility index (Phi) is 7.83. The summed E-state index contributed by atoms with van der Waals surface area (Å²) in [6.07, 6.45) is -3.93. The fourth-order valence-corrected chi connectivity index (χ4v) is 9.94. The van der Waals surface area contributed by atoms with E-state index in [9.17, 15) is 27.6 Å². The van der Waals surface area contributed by atoms with Crippen molar-refractivity contribution in [2.24, 2.45) is 5.92 Å². The minimum absolute atomic E-state index is 0.00325. The zero-order chi connectivity index (χ0) is 38.1. The summed E-state index contributed by atoms with van der Waals surface area (Å²) in [4.78, 5) is 25.6. The molecule has 1 amide bonds. The Hall–Kier alpha value is -4.18. The number of fused-ring (bicyclic) bond motifs is 3. The number of alkyl halides is 5. The second-order valence-corrected chi connectivity index (χ2v) is 16.3. The summed E-state index contributed by atoms with van der Waals surface area (Å²) in [5.74, 6) is -7.49. The Labute approximate surface area is 311 Å². The summed E-state index contributed by atoms with van der Waals surface area (Å²) in [5.41, 5.74) is 2.92. The van der Waals surface area contributed by atoms with Gasteiger partial charge in [0.15, 0.2) is 5.82 Å². The SMILES string of the molecule is N#Cc1c(N)sc2c(F)ccc(-c3c(Cl)cc4c(N5CC(F)(F)OC6(CN(C(=O)C7CC7(F)F)C6)C5)nc(OC[C@@]56CCCN5C[C@H](F)C6)nc4c3F)c12. The van der Waals surface area contributed by atoms with E-state index in [1.165, 1.54) is 12.1 Å². The third-order valence-electron chi connectivity index (χ3n) is 11.2. The van der Waals surface area contributed by atoms with Crippen LogP contribution < -0.4 is 15.4 Å². The Morgan fingerprint density at radius 3 is 2.63 bits per heavy atom. The molecular formula is C35H29ClF7N7O3S. The van der Waals surface area contributed by atoms with Crippen molar-refractivity contribution in [1.29, 1.82) is 5.26 Å². The standard InChI is InChI=1S/C35H29ClF7N7O3S/c36-21-6-18-26(25(39)24(21)17-2-3-22(38)27-23(17)19(9-44)28(45)54-27)46-31(52-15-32-4-1-5-50(32)10-16(37)7-32)47-29(18)48-11-33(53-35(42,43)14-48)12-49(13-33)30(51)20-8-34(20,40)41/h2-3,6,16,20H,1,4-5,7-8,10-15,45H2/t16-,20?,32+/m1/s1. The number of carbonyl (C=O) groups excluding carboxylic acids is 1. The Bertz CT molecular complexity index is 2320. The van der Waals surface area contributed by atoms with E-state index >= 15 is 13.2 Å². The summed E-state index contributed by atoms with van der Waals surface area (Å²) in [7, 11) is 0. The van der Waals surface area contributed by atoms with Crippen LogP contribution in [0.4, 0.5) is 41.6 Å². The number of ether oxygens (including phenoxy) is 2. The number of nitrogens with two attached hydrogens (primary N) is 1. The molecule has 5 fully saturated rings. The number of likely N-dealkylation sites (tertiary alicyclic amines) is 1. The maximum absolute atomic E-state index is 17.1. The van der Waals surface area contributed by atoms with Crippen molar-refractivity contribution >= 4 is 60.7 Å². The molecule has 5 aliphatic rings. The molecule has 10 nitrogen and oxygen atoms in total. The number of aromatic nitrogens is 2. The lowest BCUT2D eigenvalue weighted by molar-refractivity contribution is -0.325. The molecule has 4 aliphatic heterocycles. The number of nitriles is 1. The minimum Gasteiger partial charge on any atom is -0.461 e. The van der Waals surface area contributed by atoms with Gasteiger partial charge in [-0.05, 0) is 37.1 Å². The van der Waals surface area contributed by atoms with Crippen LogP contribution in [-0.4, -0.2) is 101 Å². The minimum atomic E-state index is -3.83. The smallest absolute Gasteiger partial charge is 0.373 e. The zero-order valence-corrected chi connectivity index (χ0v) is 29.7. The first-order valence-electron chi connectivity index (χ1n) is 17.1. The van der Waals surface area contributed by atoms with Crippen molar-refractivity contribution in [3.05, 3.63) is 40.4 Å². The molecule has 19 heteroatoms. The van der Waals surface area contributed by atoms with Gasteiger partial charge in [-0.2, -0.15) is 24.0 Å². The van der Waals surface area contributed by atoms with Gasteiger partial charge in [0.25, 0.3) is 5.92 Å². The predicted octanol–water partition coefficient (Wildman–Crippen LogP) is 6.52. The molecule has 0 bridgehead atoms. The fraction of sp³-hybridized carbons (Fsp3) is 0.486. The van der Waals surface area contributed by atoms with Crippen LogP contribution in [0.15, 0.2) is 18.2 Å². The highest BCUT2D eigenvalue weighted by Crippen LogP contribution is 2.52. The number of thiophene rings is 1. The van der Waals surface area contributed by atoms with Crippen LogP contribution in [0.25, 0.3) is 32.1 Å². The molecule has 1 unspecified atom stereocenters.